The van der Waals surface area contributed by atoms with Crippen LogP contribution in [0.3, 0.4) is 0 Å². The van der Waals surface area contributed by atoms with Crippen LogP contribution in [0.15, 0.2) is 91.0 Å². The van der Waals surface area contributed by atoms with Crippen LogP contribution in [0.25, 0.3) is 22.3 Å². The summed E-state index contributed by atoms with van der Waals surface area (Å²) in [5.41, 5.74) is 5.27. The second-order valence-corrected chi connectivity index (χ2v) is 9.56. The molecule has 7 nitrogen and oxygen atoms in total. The van der Waals surface area contributed by atoms with Crippen molar-refractivity contribution in [1.29, 1.82) is 0 Å². The van der Waals surface area contributed by atoms with Gasteiger partial charge in [-0.3, -0.25) is 0 Å². The minimum absolute atomic E-state index is 0.0164. The van der Waals surface area contributed by atoms with Crippen LogP contribution in [-0.4, -0.2) is 50.6 Å². The molecule has 1 N–H and O–H groups in total. The van der Waals surface area contributed by atoms with Gasteiger partial charge in [0.2, 0.25) is 0 Å². The highest BCUT2D eigenvalue weighted by Crippen LogP contribution is 2.36. The number of esters is 2. The van der Waals surface area contributed by atoms with Gasteiger partial charge in [-0.05, 0) is 64.9 Å². The number of aryl methyl sites for hydroxylation is 1. The van der Waals surface area contributed by atoms with Crippen LogP contribution in [0.1, 0.15) is 31.7 Å². The molecule has 0 aromatic heterocycles. The standard InChI is InChI=1S/C34H38O7/c1-5-6-7-8-26-9-11-28(12-10-26)32-21-30(41-34(37)24(2)22-35)17-18-31(32)27-13-15-29(16-14-27)39-19-20-40-33(36)25(3)23-38-4/h9-18,21,35H,2-3,5-8,19-20,22-23H2,1,4H3. The summed E-state index contributed by atoms with van der Waals surface area (Å²) in [4.78, 5) is 24.0. The highest BCUT2D eigenvalue weighted by Gasteiger charge is 2.14. The molecule has 0 aliphatic heterocycles. The van der Waals surface area contributed by atoms with Gasteiger partial charge in [-0.15, -0.1) is 0 Å². The van der Waals surface area contributed by atoms with Gasteiger partial charge < -0.3 is 24.1 Å². The maximum absolute atomic E-state index is 12.2. The van der Waals surface area contributed by atoms with Crippen LogP contribution < -0.4 is 9.47 Å². The van der Waals surface area contributed by atoms with Crippen LogP contribution in [0.5, 0.6) is 11.5 Å². The Kier molecular flexibility index (Phi) is 12.3. The maximum atomic E-state index is 12.2. The molecule has 0 spiro atoms. The molecule has 3 rings (SSSR count). The van der Waals surface area contributed by atoms with Crippen molar-refractivity contribution in [3.63, 3.8) is 0 Å². The number of aliphatic hydroxyl groups excluding tert-OH is 1. The SMILES string of the molecule is C=C(COC)C(=O)OCCOc1ccc(-c2ccc(OC(=O)C(=C)CO)cc2-c2ccc(CCCCC)cc2)cc1. The third-order valence-electron chi connectivity index (χ3n) is 6.37. The third-order valence-corrected chi connectivity index (χ3v) is 6.37. The van der Waals surface area contributed by atoms with Crippen LogP contribution in [0.4, 0.5) is 0 Å². The highest BCUT2D eigenvalue weighted by atomic mass is 16.6. The minimum atomic E-state index is -0.673. The molecule has 0 amide bonds. The van der Waals surface area contributed by atoms with E-state index in [0.29, 0.717) is 11.5 Å². The molecule has 41 heavy (non-hydrogen) atoms. The second kappa shape index (κ2) is 16.2. The van der Waals surface area contributed by atoms with Crippen molar-refractivity contribution in [3.8, 4) is 33.8 Å². The van der Waals surface area contributed by atoms with E-state index in [2.05, 4.69) is 44.3 Å². The molecule has 0 aliphatic carbocycles. The Morgan fingerprint density at radius 1 is 0.780 bits per heavy atom. The van der Waals surface area contributed by atoms with E-state index in [1.54, 1.807) is 6.07 Å². The lowest BCUT2D eigenvalue weighted by Crippen LogP contribution is -2.15. The van der Waals surface area contributed by atoms with E-state index in [1.807, 2.05) is 36.4 Å². The highest BCUT2D eigenvalue weighted by molar-refractivity contribution is 5.91. The van der Waals surface area contributed by atoms with Gasteiger partial charge in [0.25, 0.3) is 0 Å². The molecular formula is C34H38O7. The Balaban J connectivity index is 1.78. The molecule has 0 unspecified atom stereocenters. The van der Waals surface area contributed by atoms with Gasteiger partial charge in [-0.2, -0.15) is 0 Å². The summed E-state index contributed by atoms with van der Waals surface area (Å²) in [6.07, 6.45) is 4.57. The largest absolute Gasteiger partial charge is 0.490 e. The topological polar surface area (TPSA) is 91.3 Å². The van der Waals surface area contributed by atoms with Crippen molar-refractivity contribution < 1.29 is 33.6 Å². The second-order valence-electron chi connectivity index (χ2n) is 9.56. The van der Waals surface area contributed by atoms with Crippen LogP contribution in [0.2, 0.25) is 0 Å². The van der Waals surface area contributed by atoms with E-state index in [-0.39, 0.29) is 31.0 Å². The molecule has 0 bridgehead atoms. The van der Waals surface area contributed by atoms with Gasteiger partial charge in [0.1, 0.15) is 24.7 Å². The van der Waals surface area contributed by atoms with Crippen LogP contribution >= 0.6 is 0 Å². The summed E-state index contributed by atoms with van der Waals surface area (Å²) in [5.74, 6) is -0.195. The Morgan fingerprint density at radius 2 is 1.44 bits per heavy atom. The van der Waals surface area contributed by atoms with E-state index in [1.165, 1.54) is 25.5 Å². The number of rotatable bonds is 16. The van der Waals surface area contributed by atoms with Crippen molar-refractivity contribution in [2.75, 3.05) is 33.5 Å². The molecule has 0 heterocycles. The Bertz CT molecular complexity index is 1320. The predicted octanol–water partition coefficient (Wildman–Crippen LogP) is 6.33. The molecule has 0 saturated carbocycles. The number of unbranched alkanes of at least 4 members (excludes halogenated alkanes) is 2. The first kappa shape index (κ1) is 31.3. The Hall–Kier alpha value is -4.20. The van der Waals surface area contributed by atoms with E-state index >= 15 is 0 Å². The first-order valence-corrected chi connectivity index (χ1v) is 13.7. The molecule has 0 saturated heterocycles. The van der Waals surface area contributed by atoms with E-state index in [9.17, 15) is 14.7 Å². The lowest BCUT2D eigenvalue weighted by molar-refractivity contribution is -0.140. The molecule has 0 atom stereocenters. The average molecular weight is 559 g/mol. The number of methoxy groups -OCH3 is 1. The zero-order valence-electron chi connectivity index (χ0n) is 23.8. The van der Waals surface area contributed by atoms with Crippen molar-refractivity contribution in [3.05, 3.63) is 96.6 Å². The molecule has 3 aromatic rings. The lowest BCUT2D eigenvalue weighted by atomic mass is 9.93. The van der Waals surface area contributed by atoms with Crippen molar-refractivity contribution in [2.45, 2.75) is 32.6 Å². The summed E-state index contributed by atoms with van der Waals surface area (Å²) < 4.78 is 21.2. The molecular weight excluding hydrogens is 520 g/mol. The molecule has 0 aliphatic rings. The number of carbonyl (C=O) groups is 2. The van der Waals surface area contributed by atoms with Gasteiger partial charge in [-0.1, -0.05) is 75.4 Å². The summed E-state index contributed by atoms with van der Waals surface area (Å²) in [7, 11) is 1.49. The van der Waals surface area contributed by atoms with E-state index in [0.717, 1.165) is 35.1 Å². The van der Waals surface area contributed by atoms with Crippen LogP contribution in [0, 0.1) is 0 Å². The summed E-state index contributed by atoms with van der Waals surface area (Å²) in [5, 5.41) is 9.23. The number of aliphatic hydroxyl groups is 1. The lowest BCUT2D eigenvalue weighted by Gasteiger charge is -2.14. The third kappa shape index (κ3) is 9.45. The van der Waals surface area contributed by atoms with Gasteiger partial charge >= 0.3 is 11.9 Å². The smallest absolute Gasteiger partial charge is 0.341 e. The van der Waals surface area contributed by atoms with E-state index in [4.69, 9.17) is 18.9 Å². The van der Waals surface area contributed by atoms with Crippen molar-refractivity contribution in [1.82, 2.24) is 0 Å². The average Bonchev–Trinajstić information content (AvgIpc) is 2.99. The Labute approximate surface area is 242 Å². The summed E-state index contributed by atoms with van der Waals surface area (Å²) in [6, 6.07) is 21.5. The fraction of sp³-hybridized carbons (Fsp3) is 0.294. The molecule has 0 fully saturated rings. The number of carbonyl (C=O) groups excluding carboxylic acids is 2. The Morgan fingerprint density at radius 3 is 2.10 bits per heavy atom. The predicted molar refractivity (Wildman–Crippen MR) is 160 cm³/mol. The van der Waals surface area contributed by atoms with E-state index < -0.39 is 18.5 Å². The molecule has 216 valence electrons. The maximum Gasteiger partial charge on any atom is 0.341 e. The van der Waals surface area contributed by atoms with Crippen molar-refractivity contribution >= 4 is 11.9 Å². The first-order chi connectivity index (χ1) is 19.9. The van der Waals surface area contributed by atoms with Gasteiger partial charge in [-0.25, -0.2) is 9.59 Å². The normalized spacial score (nSPS) is 10.6. The number of hydrogen-bond acceptors (Lipinski definition) is 7. The monoisotopic (exact) mass is 558 g/mol. The first-order valence-electron chi connectivity index (χ1n) is 13.7. The fourth-order valence-corrected chi connectivity index (χ4v) is 4.11. The van der Waals surface area contributed by atoms with Gasteiger partial charge in [0.05, 0.1) is 24.4 Å². The fourth-order valence-electron chi connectivity index (χ4n) is 4.11. The summed E-state index contributed by atoms with van der Waals surface area (Å²) >= 11 is 0. The van der Waals surface area contributed by atoms with Gasteiger partial charge in [0.15, 0.2) is 0 Å². The number of hydrogen-bond donors (Lipinski definition) is 1. The zero-order chi connectivity index (χ0) is 29.6. The molecule has 3 aromatic carbocycles. The van der Waals surface area contributed by atoms with Gasteiger partial charge in [0, 0.05) is 7.11 Å². The quantitative estimate of drug-likeness (QED) is 0.0950. The molecule has 0 radical (unpaired) electrons. The number of ether oxygens (including phenoxy) is 4. The minimum Gasteiger partial charge on any atom is -0.490 e. The zero-order valence-corrected chi connectivity index (χ0v) is 23.8. The van der Waals surface area contributed by atoms with Crippen LogP contribution in [-0.2, 0) is 25.5 Å². The van der Waals surface area contributed by atoms with Crippen molar-refractivity contribution in [2.24, 2.45) is 0 Å². The number of benzene rings is 3. The summed E-state index contributed by atoms with van der Waals surface area (Å²) in [6.45, 7) is 9.29. The molecule has 7 heteroatoms.